The zero-order valence-corrected chi connectivity index (χ0v) is 7.88. The molecule has 0 spiro atoms. The molecule has 0 aromatic heterocycles. The molecule has 0 unspecified atom stereocenters. The van der Waals surface area contributed by atoms with Crippen LogP contribution in [0.4, 0.5) is 5.69 Å². The molecule has 13 heavy (non-hydrogen) atoms. The molecule has 0 aliphatic rings. The van der Waals surface area contributed by atoms with Crippen LogP contribution >= 0.6 is 0 Å². The first-order valence-electron chi connectivity index (χ1n) is 4.50. The van der Waals surface area contributed by atoms with Gasteiger partial charge in [-0.2, -0.15) is 0 Å². The van der Waals surface area contributed by atoms with Gasteiger partial charge in [-0.25, -0.2) is 0 Å². The van der Waals surface area contributed by atoms with Crippen LogP contribution in [0.3, 0.4) is 0 Å². The van der Waals surface area contributed by atoms with Gasteiger partial charge in [0.1, 0.15) is 5.75 Å². The molecule has 0 atom stereocenters. The van der Waals surface area contributed by atoms with Crippen LogP contribution in [0.1, 0.15) is 6.42 Å². The molecule has 0 amide bonds. The predicted molar refractivity (Wildman–Crippen MR) is 55.1 cm³/mol. The van der Waals surface area contributed by atoms with Crippen molar-refractivity contribution in [3.8, 4) is 5.75 Å². The topological polar surface area (TPSA) is 44.3 Å². The van der Waals surface area contributed by atoms with E-state index in [1.165, 1.54) is 0 Å². The van der Waals surface area contributed by atoms with Crippen molar-refractivity contribution < 1.29 is 5.11 Å². The van der Waals surface area contributed by atoms with E-state index >= 15 is 0 Å². The molecule has 0 bridgehead atoms. The molecule has 1 rings (SSSR count). The summed E-state index contributed by atoms with van der Waals surface area (Å²) in [6, 6.07) is 7.10. The average Bonchev–Trinajstić information content (AvgIpc) is 2.15. The molecule has 0 saturated carbocycles. The molecule has 0 aliphatic carbocycles. The molecule has 1 aromatic rings. The lowest BCUT2D eigenvalue weighted by atomic mass is 10.3. The van der Waals surface area contributed by atoms with E-state index in [-0.39, 0.29) is 0 Å². The first-order chi connectivity index (χ1) is 6.33. The standard InChI is InChI=1S/C10H16N2O/c1-11-7-2-8-12-9-3-5-10(13)6-4-9/h3-6,11-13H,2,7-8H2,1H3. The van der Waals surface area contributed by atoms with Crippen LogP contribution in [-0.2, 0) is 0 Å². The van der Waals surface area contributed by atoms with Crippen molar-refractivity contribution in [3.63, 3.8) is 0 Å². The minimum absolute atomic E-state index is 0.306. The molecule has 3 N–H and O–H groups in total. The smallest absolute Gasteiger partial charge is 0.115 e. The fraction of sp³-hybridized carbons (Fsp3) is 0.400. The largest absolute Gasteiger partial charge is 0.508 e. The third kappa shape index (κ3) is 3.80. The highest BCUT2D eigenvalue weighted by Crippen LogP contribution is 2.13. The van der Waals surface area contributed by atoms with Crippen molar-refractivity contribution in [2.24, 2.45) is 0 Å². The van der Waals surface area contributed by atoms with Gasteiger partial charge in [-0.05, 0) is 44.3 Å². The Morgan fingerprint density at radius 3 is 2.46 bits per heavy atom. The maximum Gasteiger partial charge on any atom is 0.115 e. The summed E-state index contributed by atoms with van der Waals surface area (Å²) in [5, 5.41) is 15.4. The highest BCUT2D eigenvalue weighted by atomic mass is 16.3. The molecule has 3 heteroatoms. The third-order valence-corrected chi connectivity index (χ3v) is 1.80. The van der Waals surface area contributed by atoms with E-state index in [4.69, 9.17) is 5.11 Å². The van der Waals surface area contributed by atoms with Crippen LogP contribution in [0.2, 0.25) is 0 Å². The second kappa shape index (κ2) is 5.43. The summed E-state index contributed by atoms with van der Waals surface area (Å²) in [4.78, 5) is 0. The van der Waals surface area contributed by atoms with Gasteiger partial charge in [0.05, 0.1) is 0 Å². The Kier molecular flexibility index (Phi) is 4.12. The highest BCUT2D eigenvalue weighted by Gasteiger charge is 1.90. The van der Waals surface area contributed by atoms with Crippen molar-refractivity contribution in [2.45, 2.75) is 6.42 Å². The van der Waals surface area contributed by atoms with Gasteiger partial charge in [-0.15, -0.1) is 0 Å². The van der Waals surface area contributed by atoms with Gasteiger partial charge in [-0.3, -0.25) is 0 Å². The van der Waals surface area contributed by atoms with Gasteiger partial charge in [-0.1, -0.05) is 0 Å². The van der Waals surface area contributed by atoms with Crippen molar-refractivity contribution in [1.82, 2.24) is 5.32 Å². The number of benzene rings is 1. The van der Waals surface area contributed by atoms with E-state index in [1.807, 2.05) is 19.2 Å². The lowest BCUT2D eigenvalue weighted by Gasteiger charge is -2.05. The maximum absolute atomic E-state index is 9.03. The Morgan fingerprint density at radius 1 is 1.15 bits per heavy atom. The van der Waals surface area contributed by atoms with Crippen molar-refractivity contribution >= 4 is 5.69 Å². The van der Waals surface area contributed by atoms with E-state index < -0.39 is 0 Å². The third-order valence-electron chi connectivity index (χ3n) is 1.80. The number of rotatable bonds is 5. The van der Waals surface area contributed by atoms with E-state index in [1.54, 1.807) is 12.1 Å². The van der Waals surface area contributed by atoms with Crippen LogP contribution < -0.4 is 10.6 Å². The molecule has 0 radical (unpaired) electrons. The molecular weight excluding hydrogens is 164 g/mol. The van der Waals surface area contributed by atoms with Crippen molar-refractivity contribution in [1.29, 1.82) is 0 Å². The summed E-state index contributed by atoms with van der Waals surface area (Å²) in [5.74, 6) is 0.306. The Bertz CT molecular complexity index is 233. The van der Waals surface area contributed by atoms with Gasteiger partial charge < -0.3 is 15.7 Å². The van der Waals surface area contributed by atoms with Crippen LogP contribution in [0, 0.1) is 0 Å². The first-order valence-corrected chi connectivity index (χ1v) is 4.50. The van der Waals surface area contributed by atoms with Crippen molar-refractivity contribution in [3.05, 3.63) is 24.3 Å². The zero-order chi connectivity index (χ0) is 9.52. The lowest BCUT2D eigenvalue weighted by Crippen LogP contribution is -2.12. The first kappa shape index (κ1) is 9.86. The van der Waals surface area contributed by atoms with E-state index in [0.29, 0.717) is 5.75 Å². The van der Waals surface area contributed by atoms with Crippen LogP contribution in [0.5, 0.6) is 5.75 Å². The molecule has 0 aliphatic heterocycles. The molecule has 0 heterocycles. The van der Waals surface area contributed by atoms with E-state index in [9.17, 15) is 0 Å². The van der Waals surface area contributed by atoms with Crippen LogP contribution in [-0.4, -0.2) is 25.2 Å². The van der Waals surface area contributed by atoms with Gasteiger partial charge in [0.25, 0.3) is 0 Å². The molecule has 0 fully saturated rings. The second-order valence-corrected chi connectivity index (χ2v) is 2.93. The fourth-order valence-corrected chi connectivity index (χ4v) is 1.08. The number of aromatic hydroxyl groups is 1. The van der Waals surface area contributed by atoms with Crippen LogP contribution in [0.15, 0.2) is 24.3 Å². The predicted octanol–water partition coefficient (Wildman–Crippen LogP) is 1.41. The Balaban J connectivity index is 2.25. The summed E-state index contributed by atoms with van der Waals surface area (Å²) >= 11 is 0. The number of hydrogen-bond acceptors (Lipinski definition) is 3. The normalized spacial score (nSPS) is 9.92. The Hall–Kier alpha value is -1.22. The molecule has 3 nitrogen and oxygen atoms in total. The maximum atomic E-state index is 9.03. The fourth-order valence-electron chi connectivity index (χ4n) is 1.08. The van der Waals surface area contributed by atoms with Gasteiger partial charge in [0.2, 0.25) is 0 Å². The number of anilines is 1. The summed E-state index contributed by atoms with van der Waals surface area (Å²) in [7, 11) is 1.94. The van der Waals surface area contributed by atoms with Gasteiger partial charge >= 0.3 is 0 Å². The summed E-state index contributed by atoms with van der Waals surface area (Å²) < 4.78 is 0. The highest BCUT2D eigenvalue weighted by molar-refractivity contribution is 5.45. The molecule has 0 saturated heterocycles. The van der Waals surface area contributed by atoms with Crippen LogP contribution in [0.25, 0.3) is 0 Å². The molecular formula is C10H16N2O. The average molecular weight is 180 g/mol. The Morgan fingerprint density at radius 2 is 1.85 bits per heavy atom. The minimum atomic E-state index is 0.306. The number of nitrogens with one attached hydrogen (secondary N) is 2. The van der Waals surface area contributed by atoms with E-state index in [0.717, 1.165) is 25.2 Å². The quantitative estimate of drug-likeness (QED) is 0.474. The molecule has 1 aromatic carbocycles. The number of phenols is 1. The van der Waals surface area contributed by atoms with E-state index in [2.05, 4.69) is 10.6 Å². The summed E-state index contributed by atoms with van der Waals surface area (Å²) in [6.07, 6.45) is 1.09. The minimum Gasteiger partial charge on any atom is -0.508 e. The SMILES string of the molecule is CNCCCNc1ccc(O)cc1. The van der Waals surface area contributed by atoms with Gasteiger partial charge in [0, 0.05) is 12.2 Å². The zero-order valence-electron chi connectivity index (χ0n) is 7.88. The lowest BCUT2D eigenvalue weighted by molar-refractivity contribution is 0.475. The second-order valence-electron chi connectivity index (χ2n) is 2.93. The summed E-state index contributed by atoms with van der Waals surface area (Å²) in [5.41, 5.74) is 1.05. The number of hydrogen-bond donors (Lipinski definition) is 3. The Labute approximate surface area is 78.8 Å². The number of phenolic OH excluding ortho intramolecular Hbond substituents is 1. The summed E-state index contributed by atoms with van der Waals surface area (Å²) in [6.45, 7) is 1.97. The monoisotopic (exact) mass is 180 g/mol. The van der Waals surface area contributed by atoms with Gasteiger partial charge in [0.15, 0.2) is 0 Å². The van der Waals surface area contributed by atoms with Crippen molar-refractivity contribution in [2.75, 3.05) is 25.5 Å². The molecule has 72 valence electrons.